The van der Waals surface area contributed by atoms with Gasteiger partial charge in [-0.25, -0.2) is 0 Å². The zero-order valence-corrected chi connectivity index (χ0v) is 19.5. The minimum atomic E-state index is -0.0879. The van der Waals surface area contributed by atoms with Gasteiger partial charge >= 0.3 is 0 Å². The summed E-state index contributed by atoms with van der Waals surface area (Å²) in [5.74, 6) is 1.18. The Labute approximate surface area is 186 Å². The molecule has 4 nitrogen and oxygen atoms in total. The van der Waals surface area contributed by atoms with Crippen molar-refractivity contribution in [3.05, 3.63) is 58.8 Å². The van der Waals surface area contributed by atoms with Crippen LogP contribution in [-0.2, 0) is 4.79 Å². The van der Waals surface area contributed by atoms with Gasteiger partial charge in [0.1, 0.15) is 11.3 Å². The lowest BCUT2D eigenvalue weighted by atomic mass is 9.99. The largest absolute Gasteiger partial charge is 0.493 e. The van der Waals surface area contributed by atoms with Crippen LogP contribution in [0.15, 0.2) is 57.6 Å². The minimum Gasteiger partial charge on any atom is -0.493 e. The number of nitrogens with one attached hydrogen (secondary N) is 1. The molecular weight excluding hydrogens is 442 g/mol. The lowest BCUT2D eigenvalue weighted by Gasteiger charge is -2.12. The number of hydrogen-bond acceptors (Lipinski definition) is 3. The third kappa shape index (κ3) is 5.33. The summed E-state index contributed by atoms with van der Waals surface area (Å²) < 4.78 is 12.7. The molecule has 30 heavy (non-hydrogen) atoms. The average Bonchev–Trinajstić information content (AvgIpc) is 3.10. The first-order valence-electron chi connectivity index (χ1n) is 10.3. The summed E-state index contributed by atoms with van der Waals surface area (Å²) >= 11 is 3.53. The van der Waals surface area contributed by atoms with E-state index in [0.29, 0.717) is 24.8 Å². The SMILES string of the molecule is CCOc1cc2occ(-c3cccc(Br)c3)c2cc1/C(C)=C/C(=O)NCCC(C)C. The second-order valence-corrected chi connectivity index (χ2v) is 8.65. The van der Waals surface area contributed by atoms with Crippen LogP contribution in [0.5, 0.6) is 5.75 Å². The first kappa shape index (κ1) is 22.2. The number of rotatable bonds is 8. The van der Waals surface area contributed by atoms with Crippen molar-refractivity contribution < 1.29 is 13.9 Å². The molecule has 1 aromatic heterocycles. The number of amides is 1. The van der Waals surface area contributed by atoms with E-state index in [1.54, 1.807) is 12.3 Å². The van der Waals surface area contributed by atoms with Crippen LogP contribution >= 0.6 is 15.9 Å². The van der Waals surface area contributed by atoms with E-state index in [-0.39, 0.29) is 5.91 Å². The molecule has 0 saturated heterocycles. The van der Waals surface area contributed by atoms with Crippen LogP contribution in [0, 0.1) is 5.92 Å². The molecule has 0 radical (unpaired) electrons. The van der Waals surface area contributed by atoms with Crippen LogP contribution < -0.4 is 10.1 Å². The molecule has 0 bridgehead atoms. The van der Waals surface area contributed by atoms with E-state index in [1.807, 2.05) is 38.1 Å². The van der Waals surface area contributed by atoms with Crippen molar-refractivity contribution in [3.8, 4) is 16.9 Å². The van der Waals surface area contributed by atoms with Crippen molar-refractivity contribution in [1.82, 2.24) is 5.32 Å². The van der Waals surface area contributed by atoms with Gasteiger partial charge in [-0.1, -0.05) is 41.9 Å². The molecule has 1 N–H and O–H groups in total. The lowest BCUT2D eigenvalue weighted by Crippen LogP contribution is -2.23. The molecule has 0 fully saturated rings. The van der Waals surface area contributed by atoms with Crippen molar-refractivity contribution >= 4 is 38.4 Å². The Morgan fingerprint density at radius 3 is 2.77 bits per heavy atom. The topological polar surface area (TPSA) is 51.5 Å². The maximum Gasteiger partial charge on any atom is 0.244 e. The van der Waals surface area contributed by atoms with Gasteiger partial charge in [-0.3, -0.25) is 4.79 Å². The number of furan rings is 1. The van der Waals surface area contributed by atoms with Crippen molar-refractivity contribution in [1.29, 1.82) is 0 Å². The van der Waals surface area contributed by atoms with E-state index >= 15 is 0 Å². The fraction of sp³-hybridized carbons (Fsp3) is 0.320. The fourth-order valence-corrected chi connectivity index (χ4v) is 3.73. The average molecular weight is 470 g/mol. The van der Waals surface area contributed by atoms with E-state index in [9.17, 15) is 4.79 Å². The highest BCUT2D eigenvalue weighted by Crippen LogP contribution is 2.38. The lowest BCUT2D eigenvalue weighted by molar-refractivity contribution is -0.116. The Morgan fingerprint density at radius 1 is 1.27 bits per heavy atom. The smallest absolute Gasteiger partial charge is 0.244 e. The summed E-state index contributed by atoms with van der Waals surface area (Å²) in [6.45, 7) is 9.37. The molecule has 0 aliphatic rings. The second-order valence-electron chi connectivity index (χ2n) is 7.74. The maximum atomic E-state index is 12.4. The van der Waals surface area contributed by atoms with Crippen molar-refractivity contribution in [2.75, 3.05) is 13.2 Å². The summed E-state index contributed by atoms with van der Waals surface area (Å²) in [4.78, 5) is 12.4. The Morgan fingerprint density at radius 2 is 2.07 bits per heavy atom. The highest BCUT2D eigenvalue weighted by molar-refractivity contribution is 9.10. The Kier molecular flexibility index (Phi) is 7.38. The summed E-state index contributed by atoms with van der Waals surface area (Å²) in [5.41, 5.74) is 4.56. The number of hydrogen-bond donors (Lipinski definition) is 1. The quantitative estimate of drug-likeness (QED) is 0.367. The molecule has 158 valence electrons. The third-order valence-electron chi connectivity index (χ3n) is 4.90. The molecule has 0 spiro atoms. The van der Waals surface area contributed by atoms with Gasteiger partial charge in [-0.05, 0) is 55.5 Å². The first-order valence-corrected chi connectivity index (χ1v) is 11.1. The van der Waals surface area contributed by atoms with E-state index in [0.717, 1.165) is 44.1 Å². The Balaban J connectivity index is 1.99. The number of halogens is 1. The fourth-order valence-electron chi connectivity index (χ4n) is 3.33. The third-order valence-corrected chi connectivity index (χ3v) is 5.40. The van der Waals surface area contributed by atoms with Crippen molar-refractivity contribution in [3.63, 3.8) is 0 Å². The number of ether oxygens (including phenoxy) is 1. The monoisotopic (exact) mass is 469 g/mol. The molecule has 1 amide bonds. The Hall–Kier alpha value is -2.53. The van der Waals surface area contributed by atoms with E-state index in [2.05, 4.69) is 47.2 Å². The number of benzene rings is 2. The molecule has 0 aliphatic carbocycles. The van der Waals surface area contributed by atoms with Gasteiger partial charge in [0.15, 0.2) is 0 Å². The molecule has 5 heteroatoms. The molecule has 0 aliphatic heterocycles. The van der Waals surface area contributed by atoms with Gasteiger partial charge in [-0.15, -0.1) is 0 Å². The number of allylic oxidation sites excluding steroid dienone is 1. The number of carbonyl (C=O) groups is 1. The highest BCUT2D eigenvalue weighted by atomic mass is 79.9. The van der Waals surface area contributed by atoms with Crippen LogP contribution in [-0.4, -0.2) is 19.1 Å². The van der Waals surface area contributed by atoms with Gasteiger partial charge in [0, 0.05) is 39.7 Å². The van der Waals surface area contributed by atoms with Gasteiger partial charge in [0.25, 0.3) is 0 Å². The number of fused-ring (bicyclic) bond motifs is 1. The van der Waals surface area contributed by atoms with Crippen LogP contribution in [0.25, 0.3) is 27.7 Å². The Bertz CT molecular complexity index is 1070. The standard InChI is InChI=1S/C25H28BrNO3/c1-5-29-23-14-24-21(22(15-30-24)18-7-6-8-19(26)12-18)13-20(23)17(4)11-25(28)27-10-9-16(2)3/h6-8,11-16H,5,9-10H2,1-4H3,(H,27,28)/b17-11+. The van der Waals surface area contributed by atoms with E-state index in [4.69, 9.17) is 9.15 Å². The highest BCUT2D eigenvalue weighted by Gasteiger charge is 2.15. The van der Waals surface area contributed by atoms with Crippen molar-refractivity contribution in [2.45, 2.75) is 34.1 Å². The predicted molar refractivity (Wildman–Crippen MR) is 127 cm³/mol. The van der Waals surface area contributed by atoms with Crippen LogP contribution in [0.2, 0.25) is 0 Å². The summed E-state index contributed by atoms with van der Waals surface area (Å²) in [6, 6.07) is 12.1. The first-order chi connectivity index (χ1) is 14.4. The minimum absolute atomic E-state index is 0.0879. The zero-order chi connectivity index (χ0) is 21.7. The van der Waals surface area contributed by atoms with E-state index in [1.165, 1.54) is 0 Å². The molecule has 3 aromatic rings. The molecule has 1 heterocycles. The van der Waals surface area contributed by atoms with Gasteiger partial charge in [0.2, 0.25) is 5.91 Å². The normalized spacial score (nSPS) is 11.9. The molecular formula is C25H28BrNO3. The molecule has 2 aromatic carbocycles. The molecule has 0 unspecified atom stereocenters. The summed E-state index contributed by atoms with van der Waals surface area (Å²) in [7, 11) is 0. The van der Waals surface area contributed by atoms with Crippen LogP contribution in [0.1, 0.15) is 39.7 Å². The second kappa shape index (κ2) is 9.98. The molecule has 0 saturated carbocycles. The predicted octanol–water partition coefficient (Wildman–Crippen LogP) is 6.83. The molecule has 3 rings (SSSR count). The zero-order valence-electron chi connectivity index (χ0n) is 17.9. The van der Waals surface area contributed by atoms with Gasteiger partial charge < -0.3 is 14.5 Å². The molecule has 0 atom stereocenters. The number of carbonyl (C=O) groups excluding carboxylic acids is 1. The summed E-state index contributed by atoms with van der Waals surface area (Å²) in [5, 5.41) is 3.95. The van der Waals surface area contributed by atoms with Gasteiger partial charge in [-0.2, -0.15) is 0 Å². The van der Waals surface area contributed by atoms with Gasteiger partial charge in [0.05, 0.1) is 12.9 Å². The van der Waals surface area contributed by atoms with Crippen LogP contribution in [0.3, 0.4) is 0 Å². The van der Waals surface area contributed by atoms with E-state index < -0.39 is 0 Å². The van der Waals surface area contributed by atoms with Crippen LogP contribution in [0.4, 0.5) is 0 Å². The maximum absolute atomic E-state index is 12.4. The van der Waals surface area contributed by atoms with Crippen molar-refractivity contribution in [2.24, 2.45) is 5.92 Å². The summed E-state index contributed by atoms with van der Waals surface area (Å²) in [6.07, 6.45) is 4.37.